The standard InChI is InChI=1S/C37H28Cl4N4/c1-3-23(24-10-6-4-7-11-24)15-14-22(2)32-34(28-20-30(38)44-36(40)42-28)33(35(32)29-21-31(39)45-37(41)43-29)27-18-16-26(17-19-27)25-12-8-5-9-13-25/h3-21,32-35H,2H2,1H3/b15-14-,23-3+/t32?,33?,34-,35-/m1/s1. The predicted molar refractivity (Wildman–Crippen MR) is 186 cm³/mol. The number of nitrogens with zero attached hydrogens (tertiary/aromatic N) is 4. The van der Waals surface area contributed by atoms with Gasteiger partial charge in [0.1, 0.15) is 10.3 Å². The molecule has 1 aliphatic carbocycles. The van der Waals surface area contributed by atoms with E-state index in [1.165, 1.54) is 0 Å². The van der Waals surface area contributed by atoms with E-state index in [2.05, 4.69) is 93.3 Å². The van der Waals surface area contributed by atoms with Gasteiger partial charge in [-0.15, -0.1) is 0 Å². The Bertz CT molecular complexity index is 1790. The molecule has 2 atom stereocenters. The van der Waals surface area contributed by atoms with E-state index in [1.54, 1.807) is 12.1 Å². The summed E-state index contributed by atoms with van der Waals surface area (Å²) in [5.41, 5.74) is 7.93. The summed E-state index contributed by atoms with van der Waals surface area (Å²) in [7, 11) is 0. The van der Waals surface area contributed by atoms with Crippen LogP contribution in [-0.4, -0.2) is 19.9 Å². The lowest BCUT2D eigenvalue weighted by atomic mass is 9.50. The van der Waals surface area contributed by atoms with E-state index in [-0.39, 0.29) is 44.5 Å². The number of halogens is 4. The molecule has 2 heterocycles. The van der Waals surface area contributed by atoms with E-state index < -0.39 is 0 Å². The highest BCUT2D eigenvalue weighted by Gasteiger charge is 2.54. The van der Waals surface area contributed by atoms with Crippen LogP contribution >= 0.6 is 46.4 Å². The molecule has 224 valence electrons. The quantitative estimate of drug-likeness (QED) is 0.0937. The molecule has 0 amide bonds. The molecule has 3 aromatic carbocycles. The summed E-state index contributed by atoms with van der Waals surface area (Å²) in [5.74, 6) is -0.514. The lowest BCUT2D eigenvalue weighted by molar-refractivity contribution is 0.186. The van der Waals surface area contributed by atoms with Crippen molar-refractivity contribution in [2.45, 2.75) is 24.7 Å². The minimum absolute atomic E-state index is 0.0793. The molecule has 1 fully saturated rings. The van der Waals surface area contributed by atoms with Gasteiger partial charge in [-0.1, -0.05) is 139 Å². The highest BCUT2D eigenvalue weighted by molar-refractivity contribution is 6.32. The van der Waals surface area contributed by atoms with Crippen LogP contribution in [0.2, 0.25) is 20.9 Å². The van der Waals surface area contributed by atoms with Crippen molar-refractivity contribution in [3.8, 4) is 11.1 Å². The van der Waals surface area contributed by atoms with Crippen molar-refractivity contribution < 1.29 is 0 Å². The van der Waals surface area contributed by atoms with Crippen LogP contribution in [-0.2, 0) is 0 Å². The zero-order valence-electron chi connectivity index (χ0n) is 24.3. The summed E-state index contributed by atoms with van der Waals surface area (Å²) in [4.78, 5) is 17.5. The van der Waals surface area contributed by atoms with Crippen molar-refractivity contribution in [3.63, 3.8) is 0 Å². The second-order valence-electron chi connectivity index (χ2n) is 10.9. The lowest BCUT2D eigenvalue weighted by Gasteiger charge is -2.52. The normalized spacial score (nSPS) is 19.8. The number of aromatic nitrogens is 4. The molecular weight excluding hydrogens is 642 g/mol. The Kier molecular flexibility index (Phi) is 9.48. The molecule has 0 saturated heterocycles. The summed E-state index contributed by atoms with van der Waals surface area (Å²) < 4.78 is 0. The average molecular weight is 670 g/mol. The van der Waals surface area contributed by atoms with Gasteiger partial charge in [0.25, 0.3) is 0 Å². The van der Waals surface area contributed by atoms with Gasteiger partial charge in [0.2, 0.25) is 10.6 Å². The molecule has 6 rings (SSSR count). The number of allylic oxidation sites excluding steroid dienone is 5. The predicted octanol–water partition coefficient (Wildman–Crippen LogP) is 11.0. The monoisotopic (exact) mass is 668 g/mol. The molecule has 45 heavy (non-hydrogen) atoms. The van der Waals surface area contributed by atoms with E-state index in [0.29, 0.717) is 0 Å². The van der Waals surface area contributed by atoms with E-state index in [0.717, 1.165) is 44.8 Å². The highest BCUT2D eigenvalue weighted by Crippen LogP contribution is 2.64. The Hall–Kier alpha value is -3.80. The molecule has 2 aromatic heterocycles. The minimum Gasteiger partial charge on any atom is -0.223 e. The second kappa shape index (κ2) is 13.7. The van der Waals surface area contributed by atoms with Crippen molar-refractivity contribution >= 4 is 52.0 Å². The highest BCUT2D eigenvalue weighted by atomic mass is 35.5. The summed E-state index contributed by atoms with van der Waals surface area (Å²) in [6, 6.07) is 32.7. The average Bonchev–Trinajstić information content (AvgIpc) is 3.01. The first-order valence-corrected chi connectivity index (χ1v) is 16.0. The van der Waals surface area contributed by atoms with Gasteiger partial charge in [-0.05, 0) is 70.1 Å². The fourth-order valence-electron chi connectivity index (χ4n) is 6.34. The zero-order valence-corrected chi connectivity index (χ0v) is 27.3. The summed E-state index contributed by atoms with van der Waals surface area (Å²) in [6.07, 6.45) is 6.24. The van der Waals surface area contributed by atoms with Gasteiger partial charge >= 0.3 is 0 Å². The molecule has 1 aliphatic rings. The van der Waals surface area contributed by atoms with E-state index in [1.807, 2.05) is 43.3 Å². The molecule has 0 aliphatic heterocycles. The Balaban J connectivity index is 1.46. The van der Waals surface area contributed by atoms with Gasteiger partial charge in [-0.2, -0.15) is 0 Å². The van der Waals surface area contributed by atoms with E-state index in [4.69, 9.17) is 46.4 Å². The van der Waals surface area contributed by atoms with Crippen LogP contribution in [0.3, 0.4) is 0 Å². The van der Waals surface area contributed by atoms with Crippen molar-refractivity contribution in [1.29, 1.82) is 0 Å². The summed E-state index contributed by atoms with van der Waals surface area (Å²) in [5, 5.41) is 0.736. The van der Waals surface area contributed by atoms with Crippen LogP contribution < -0.4 is 0 Å². The summed E-state index contributed by atoms with van der Waals surface area (Å²) in [6.45, 7) is 6.59. The van der Waals surface area contributed by atoms with Crippen LogP contribution in [0.15, 0.2) is 127 Å². The van der Waals surface area contributed by atoms with Crippen LogP contribution in [0.1, 0.15) is 47.2 Å². The number of hydrogen-bond acceptors (Lipinski definition) is 4. The molecule has 1 saturated carbocycles. The number of benzene rings is 3. The largest absolute Gasteiger partial charge is 0.224 e. The maximum Gasteiger partial charge on any atom is 0.224 e. The Morgan fingerprint density at radius 3 is 1.64 bits per heavy atom. The molecule has 0 unspecified atom stereocenters. The van der Waals surface area contributed by atoms with Gasteiger partial charge in [0.05, 0.1) is 11.4 Å². The third-order valence-corrected chi connectivity index (χ3v) is 9.06. The molecule has 0 spiro atoms. The second-order valence-corrected chi connectivity index (χ2v) is 12.3. The number of rotatable bonds is 8. The molecule has 8 heteroatoms. The molecule has 4 nitrogen and oxygen atoms in total. The molecule has 0 radical (unpaired) electrons. The Morgan fingerprint density at radius 2 is 1.13 bits per heavy atom. The third-order valence-electron chi connectivity index (χ3n) is 8.33. The van der Waals surface area contributed by atoms with Gasteiger partial charge in [0.15, 0.2) is 0 Å². The van der Waals surface area contributed by atoms with Crippen molar-refractivity contribution in [2.24, 2.45) is 5.92 Å². The maximum absolute atomic E-state index is 6.43. The molecule has 5 aromatic rings. The molecule has 0 bridgehead atoms. The van der Waals surface area contributed by atoms with Gasteiger partial charge < -0.3 is 0 Å². The van der Waals surface area contributed by atoms with Crippen molar-refractivity contribution in [1.82, 2.24) is 19.9 Å². The Morgan fingerprint density at radius 1 is 0.622 bits per heavy atom. The zero-order chi connectivity index (χ0) is 31.5. The van der Waals surface area contributed by atoms with Gasteiger partial charge in [-0.25, -0.2) is 19.9 Å². The van der Waals surface area contributed by atoms with E-state index >= 15 is 0 Å². The van der Waals surface area contributed by atoms with Crippen LogP contribution in [0.25, 0.3) is 16.7 Å². The summed E-state index contributed by atoms with van der Waals surface area (Å²) >= 11 is 25.6. The van der Waals surface area contributed by atoms with E-state index in [9.17, 15) is 0 Å². The fraction of sp³-hybridized carbons (Fsp3) is 0.135. The van der Waals surface area contributed by atoms with Crippen molar-refractivity contribution in [3.05, 3.63) is 171 Å². The first kappa shape index (κ1) is 31.2. The van der Waals surface area contributed by atoms with Crippen LogP contribution in [0.5, 0.6) is 0 Å². The first-order chi connectivity index (χ1) is 21.8. The topological polar surface area (TPSA) is 51.6 Å². The smallest absolute Gasteiger partial charge is 0.223 e. The van der Waals surface area contributed by atoms with Gasteiger partial charge in [-0.3, -0.25) is 0 Å². The maximum atomic E-state index is 6.43. The van der Waals surface area contributed by atoms with Crippen molar-refractivity contribution in [2.75, 3.05) is 0 Å². The van der Waals surface area contributed by atoms with Crippen LogP contribution in [0.4, 0.5) is 0 Å². The first-order valence-electron chi connectivity index (χ1n) is 14.5. The molecule has 0 N–H and O–H groups in total. The fourth-order valence-corrected chi connectivity index (χ4v) is 7.19. The lowest BCUT2D eigenvalue weighted by Crippen LogP contribution is -2.43. The number of hydrogen-bond donors (Lipinski definition) is 0. The SMILES string of the molecule is C=C(/C=C\C(=C/C)c1ccccc1)C1[C@@H](c2cc(Cl)nc(Cl)n2)C(c2ccc(-c3ccccc3)cc2)[C@@H]1c1cc(Cl)nc(Cl)n1. The van der Waals surface area contributed by atoms with Gasteiger partial charge in [0, 0.05) is 23.7 Å². The minimum atomic E-state index is -0.147. The van der Waals surface area contributed by atoms with Crippen LogP contribution in [0, 0.1) is 5.92 Å². The Labute approximate surface area is 283 Å². The third kappa shape index (κ3) is 6.75. The molecular formula is C37H28Cl4N4.